The van der Waals surface area contributed by atoms with Gasteiger partial charge in [0, 0.05) is 16.6 Å². The first-order valence-electron chi connectivity index (χ1n) is 7.25. The quantitative estimate of drug-likeness (QED) is 0.860. The molecule has 6 nitrogen and oxygen atoms in total. The lowest BCUT2D eigenvalue weighted by Gasteiger charge is -2.20. The van der Waals surface area contributed by atoms with Gasteiger partial charge in [-0.3, -0.25) is 4.79 Å². The number of hydrogen-bond acceptors (Lipinski definition) is 5. The molecule has 1 amide bonds. The Labute approximate surface area is 147 Å². The maximum Gasteiger partial charge on any atom is 0.259 e. The number of hydrogen-bond donors (Lipinski definition) is 1. The van der Waals surface area contributed by atoms with Crippen LogP contribution in [0, 0.1) is 0 Å². The monoisotopic (exact) mass is 393 g/mol. The minimum Gasteiger partial charge on any atom is -0.493 e. The second-order valence-corrected chi connectivity index (χ2v) is 5.83. The van der Waals surface area contributed by atoms with Crippen molar-refractivity contribution in [3.05, 3.63) is 40.4 Å². The van der Waals surface area contributed by atoms with Gasteiger partial charge < -0.3 is 24.3 Å². The number of carbonyl (C=O) groups excluding carboxylic acids is 1. The van der Waals surface area contributed by atoms with E-state index in [4.69, 9.17) is 18.9 Å². The third-order valence-corrected chi connectivity index (χ3v) is 4.18. The Morgan fingerprint density at radius 1 is 1.12 bits per heavy atom. The molecule has 0 aliphatic carbocycles. The molecular weight excluding hydrogens is 378 g/mol. The molecule has 24 heavy (non-hydrogen) atoms. The highest BCUT2D eigenvalue weighted by Gasteiger charge is 2.20. The third kappa shape index (κ3) is 3.12. The van der Waals surface area contributed by atoms with Crippen molar-refractivity contribution < 1.29 is 23.7 Å². The standard InChI is InChI=1S/C17H16BrNO5/c1-21-13-5-3-4-10(16(13)22-2)17(20)19-12-9-15-14(8-11(12)18)23-6-7-24-15/h3-5,8-9H,6-7H2,1-2H3,(H,19,20). The van der Waals surface area contributed by atoms with Crippen LogP contribution in [0.1, 0.15) is 10.4 Å². The first-order valence-corrected chi connectivity index (χ1v) is 8.05. The molecule has 3 rings (SSSR count). The Morgan fingerprint density at radius 3 is 2.50 bits per heavy atom. The minimum atomic E-state index is -0.317. The zero-order valence-corrected chi connectivity index (χ0v) is 14.8. The summed E-state index contributed by atoms with van der Waals surface area (Å²) in [7, 11) is 3.02. The summed E-state index contributed by atoms with van der Waals surface area (Å²) in [5.41, 5.74) is 0.952. The van der Waals surface area contributed by atoms with Crippen LogP contribution in [-0.4, -0.2) is 33.3 Å². The Kier molecular flexibility index (Phi) is 4.80. The predicted octanol–water partition coefficient (Wildman–Crippen LogP) is 3.49. The Balaban J connectivity index is 1.90. The Bertz CT molecular complexity index is 778. The highest BCUT2D eigenvalue weighted by Crippen LogP contribution is 2.39. The molecule has 0 saturated heterocycles. The number of halogens is 1. The second kappa shape index (κ2) is 7.00. The summed E-state index contributed by atoms with van der Waals surface area (Å²) in [6.45, 7) is 0.984. The maximum absolute atomic E-state index is 12.6. The average Bonchev–Trinajstić information content (AvgIpc) is 2.61. The Morgan fingerprint density at radius 2 is 1.83 bits per heavy atom. The highest BCUT2D eigenvalue weighted by atomic mass is 79.9. The van der Waals surface area contributed by atoms with Gasteiger partial charge in [0.05, 0.1) is 25.5 Å². The van der Waals surface area contributed by atoms with Crippen molar-refractivity contribution >= 4 is 27.5 Å². The fraction of sp³-hybridized carbons (Fsp3) is 0.235. The molecule has 0 atom stereocenters. The number of nitrogens with one attached hydrogen (secondary N) is 1. The van der Waals surface area contributed by atoms with E-state index in [1.165, 1.54) is 14.2 Å². The molecule has 2 aromatic carbocycles. The fourth-order valence-corrected chi connectivity index (χ4v) is 2.84. The minimum absolute atomic E-state index is 0.317. The molecule has 1 aliphatic rings. The molecule has 0 saturated carbocycles. The number of methoxy groups -OCH3 is 2. The lowest BCUT2D eigenvalue weighted by Crippen LogP contribution is -2.17. The van der Waals surface area contributed by atoms with Gasteiger partial charge in [-0.05, 0) is 28.1 Å². The molecule has 0 aromatic heterocycles. The molecule has 126 valence electrons. The van der Waals surface area contributed by atoms with Crippen molar-refractivity contribution in [1.29, 1.82) is 0 Å². The number of anilines is 1. The maximum atomic E-state index is 12.6. The van der Waals surface area contributed by atoms with Crippen LogP contribution >= 0.6 is 15.9 Å². The first-order chi connectivity index (χ1) is 11.6. The molecule has 1 aliphatic heterocycles. The number of carbonyl (C=O) groups is 1. The van der Waals surface area contributed by atoms with E-state index in [2.05, 4.69) is 21.2 Å². The lowest BCUT2D eigenvalue weighted by atomic mass is 10.1. The number of para-hydroxylation sites is 1. The molecule has 7 heteroatoms. The second-order valence-electron chi connectivity index (χ2n) is 4.97. The van der Waals surface area contributed by atoms with Gasteiger partial charge in [0.15, 0.2) is 23.0 Å². The van der Waals surface area contributed by atoms with Gasteiger partial charge in [0.25, 0.3) is 5.91 Å². The van der Waals surface area contributed by atoms with Crippen molar-refractivity contribution in [1.82, 2.24) is 0 Å². The van der Waals surface area contributed by atoms with Gasteiger partial charge in [-0.25, -0.2) is 0 Å². The fourth-order valence-electron chi connectivity index (χ4n) is 2.42. The normalized spacial score (nSPS) is 12.5. The molecule has 0 fully saturated rings. The highest BCUT2D eigenvalue weighted by molar-refractivity contribution is 9.10. The van der Waals surface area contributed by atoms with E-state index in [-0.39, 0.29) is 5.91 Å². The van der Waals surface area contributed by atoms with E-state index in [1.807, 2.05) is 0 Å². The predicted molar refractivity (Wildman–Crippen MR) is 92.6 cm³/mol. The van der Waals surface area contributed by atoms with Gasteiger partial charge in [0.2, 0.25) is 0 Å². The van der Waals surface area contributed by atoms with Crippen molar-refractivity contribution in [2.45, 2.75) is 0 Å². The van der Waals surface area contributed by atoms with E-state index in [1.54, 1.807) is 30.3 Å². The van der Waals surface area contributed by atoms with Crippen molar-refractivity contribution in [3.8, 4) is 23.0 Å². The summed E-state index contributed by atoms with van der Waals surface area (Å²) in [6.07, 6.45) is 0. The molecule has 1 heterocycles. The summed E-state index contributed by atoms with van der Waals surface area (Å²) in [5.74, 6) is 1.79. The molecule has 1 N–H and O–H groups in total. The SMILES string of the molecule is COc1cccc(C(=O)Nc2cc3c(cc2Br)OCCO3)c1OC. The number of benzene rings is 2. The van der Waals surface area contributed by atoms with Gasteiger partial charge in [-0.15, -0.1) is 0 Å². The van der Waals surface area contributed by atoms with Crippen LogP contribution in [0.5, 0.6) is 23.0 Å². The number of ether oxygens (including phenoxy) is 4. The van der Waals surface area contributed by atoms with Crippen LogP contribution in [0.3, 0.4) is 0 Å². The van der Waals surface area contributed by atoms with Gasteiger partial charge in [-0.1, -0.05) is 6.07 Å². The van der Waals surface area contributed by atoms with Gasteiger partial charge >= 0.3 is 0 Å². The van der Waals surface area contributed by atoms with Crippen molar-refractivity contribution in [2.24, 2.45) is 0 Å². The van der Waals surface area contributed by atoms with Gasteiger partial charge in [-0.2, -0.15) is 0 Å². The van der Waals surface area contributed by atoms with Crippen LogP contribution in [0.4, 0.5) is 5.69 Å². The van der Waals surface area contributed by atoms with Crippen molar-refractivity contribution in [2.75, 3.05) is 32.8 Å². The van der Waals surface area contributed by atoms with E-state index in [0.717, 1.165) is 0 Å². The molecule has 0 unspecified atom stereocenters. The summed E-state index contributed by atoms with van der Waals surface area (Å²) >= 11 is 3.43. The number of amides is 1. The van der Waals surface area contributed by atoms with Crippen LogP contribution in [0.2, 0.25) is 0 Å². The van der Waals surface area contributed by atoms with Crippen molar-refractivity contribution in [3.63, 3.8) is 0 Å². The van der Waals surface area contributed by atoms with Crippen LogP contribution < -0.4 is 24.3 Å². The largest absolute Gasteiger partial charge is 0.493 e. The molecule has 0 bridgehead atoms. The molecule has 0 spiro atoms. The summed E-state index contributed by atoms with van der Waals surface area (Å²) < 4.78 is 22.3. The zero-order valence-electron chi connectivity index (χ0n) is 13.2. The summed E-state index contributed by atoms with van der Waals surface area (Å²) in [4.78, 5) is 12.6. The van der Waals surface area contributed by atoms with E-state index < -0.39 is 0 Å². The third-order valence-electron chi connectivity index (χ3n) is 3.53. The lowest BCUT2D eigenvalue weighted by molar-refractivity contribution is 0.102. The summed E-state index contributed by atoms with van der Waals surface area (Å²) in [5, 5.41) is 2.85. The van der Waals surface area contributed by atoms with Crippen LogP contribution in [-0.2, 0) is 0 Å². The Hall–Kier alpha value is -2.41. The molecule has 2 aromatic rings. The topological polar surface area (TPSA) is 66.0 Å². The average molecular weight is 394 g/mol. The summed E-state index contributed by atoms with van der Waals surface area (Å²) in [6, 6.07) is 8.63. The first kappa shape index (κ1) is 16.4. The molecular formula is C17H16BrNO5. The van der Waals surface area contributed by atoms with E-state index in [0.29, 0.717) is 51.9 Å². The van der Waals surface area contributed by atoms with Gasteiger partial charge in [0.1, 0.15) is 13.2 Å². The number of rotatable bonds is 4. The smallest absolute Gasteiger partial charge is 0.259 e. The molecule has 0 radical (unpaired) electrons. The number of fused-ring (bicyclic) bond motifs is 1. The van der Waals surface area contributed by atoms with E-state index >= 15 is 0 Å². The van der Waals surface area contributed by atoms with Crippen LogP contribution in [0.15, 0.2) is 34.8 Å². The van der Waals surface area contributed by atoms with E-state index in [9.17, 15) is 4.79 Å². The zero-order chi connectivity index (χ0) is 17.1. The van der Waals surface area contributed by atoms with Crippen LogP contribution in [0.25, 0.3) is 0 Å².